The molecule has 1 rings (SSSR count). The van der Waals surface area contributed by atoms with Crippen LogP contribution in [0, 0.1) is 11.6 Å². The van der Waals surface area contributed by atoms with E-state index in [1.54, 1.807) is 0 Å². The van der Waals surface area contributed by atoms with Crippen molar-refractivity contribution < 1.29 is 41.0 Å². The Bertz CT molecular complexity index is 588. The van der Waals surface area contributed by atoms with E-state index < -0.39 is 54.2 Å². The van der Waals surface area contributed by atoms with Gasteiger partial charge >= 0.3 is 12.1 Å². The lowest BCUT2D eigenvalue weighted by atomic mass is 10.2. The molecule has 0 saturated carbocycles. The number of hydrogen-bond acceptors (Lipinski definition) is 4. The summed E-state index contributed by atoms with van der Waals surface area (Å²) in [6, 6.07) is 0.811. The highest BCUT2D eigenvalue weighted by atomic mass is 19.4. The van der Waals surface area contributed by atoms with E-state index in [1.165, 1.54) is 6.92 Å². The van der Waals surface area contributed by atoms with Crippen LogP contribution in [0.3, 0.4) is 0 Å². The van der Waals surface area contributed by atoms with E-state index in [0.29, 0.717) is 12.1 Å². The first-order valence-corrected chi connectivity index (χ1v) is 6.26. The summed E-state index contributed by atoms with van der Waals surface area (Å²) in [5.41, 5.74) is -0.539. The fourth-order valence-corrected chi connectivity index (χ4v) is 1.44. The third-order valence-electron chi connectivity index (χ3n) is 2.30. The molecule has 5 nitrogen and oxygen atoms in total. The number of ether oxygens (including phenoxy) is 2. The Morgan fingerprint density at radius 3 is 2.35 bits per heavy atom. The van der Waals surface area contributed by atoms with Crippen molar-refractivity contribution in [2.75, 3.05) is 18.5 Å². The van der Waals surface area contributed by atoms with Gasteiger partial charge in [-0.2, -0.15) is 13.2 Å². The summed E-state index contributed by atoms with van der Waals surface area (Å²) >= 11 is 0. The molecule has 128 valence electrons. The minimum absolute atomic E-state index is 0.0250. The molecule has 0 radical (unpaired) electrons. The van der Waals surface area contributed by atoms with Crippen LogP contribution in [-0.2, 0) is 14.3 Å². The molecular formula is C13H12F5NO4. The van der Waals surface area contributed by atoms with Crippen molar-refractivity contribution in [3.63, 3.8) is 0 Å². The van der Waals surface area contributed by atoms with Crippen molar-refractivity contribution in [2.24, 2.45) is 0 Å². The molecular weight excluding hydrogens is 329 g/mol. The maximum atomic E-state index is 13.2. The Hall–Kier alpha value is -2.39. The summed E-state index contributed by atoms with van der Waals surface area (Å²) in [5.74, 6) is -5.45. The van der Waals surface area contributed by atoms with Crippen LogP contribution in [0.15, 0.2) is 12.1 Å². The summed E-state index contributed by atoms with van der Waals surface area (Å²) in [7, 11) is 0. The van der Waals surface area contributed by atoms with Crippen molar-refractivity contribution >= 4 is 17.6 Å². The van der Waals surface area contributed by atoms with Crippen LogP contribution in [-0.4, -0.2) is 31.3 Å². The van der Waals surface area contributed by atoms with Crippen molar-refractivity contribution in [3.05, 3.63) is 23.8 Å². The van der Waals surface area contributed by atoms with Crippen LogP contribution in [0.25, 0.3) is 0 Å². The first-order valence-electron chi connectivity index (χ1n) is 6.26. The second-order valence-electron chi connectivity index (χ2n) is 4.20. The predicted octanol–water partition coefficient (Wildman–Crippen LogP) is 2.80. The lowest BCUT2D eigenvalue weighted by molar-refractivity contribution is -0.153. The molecule has 1 N–H and O–H groups in total. The number of amides is 1. The number of hydrogen-bond donors (Lipinski definition) is 1. The molecule has 0 aliphatic rings. The van der Waals surface area contributed by atoms with Crippen LogP contribution in [0.4, 0.5) is 27.6 Å². The van der Waals surface area contributed by atoms with Gasteiger partial charge in [0, 0.05) is 12.1 Å². The maximum Gasteiger partial charge on any atom is 0.422 e. The lowest BCUT2D eigenvalue weighted by Crippen LogP contribution is -2.21. The summed E-state index contributed by atoms with van der Waals surface area (Å²) in [6.45, 7) is -0.232. The van der Waals surface area contributed by atoms with E-state index in [2.05, 4.69) is 9.47 Å². The number of benzene rings is 1. The number of carbonyl (C=O) groups excluding carboxylic acids is 2. The highest BCUT2D eigenvalue weighted by Crippen LogP contribution is 2.29. The molecule has 0 fully saturated rings. The van der Waals surface area contributed by atoms with E-state index in [0.717, 1.165) is 0 Å². The molecule has 1 aromatic rings. The minimum atomic E-state index is -4.71. The third kappa shape index (κ3) is 6.49. The van der Waals surface area contributed by atoms with Crippen LogP contribution in [0.2, 0.25) is 0 Å². The number of nitrogens with one attached hydrogen (secondary N) is 1. The smallest absolute Gasteiger partial charge is 0.422 e. The number of rotatable bonds is 6. The molecule has 0 aliphatic carbocycles. The van der Waals surface area contributed by atoms with Gasteiger partial charge < -0.3 is 14.8 Å². The first kappa shape index (κ1) is 18.7. The monoisotopic (exact) mass is 341 g/mol. The van der Waals surface area contributed by atoms with Crippen LogP contribution in [0.1, 0.15) is 13.3 Å². The molecule has 0 spiro atoms. The molecule has 0 heterocycles. The first-order chi connectivity index (χ1) is 10.6. The van der Waals surface area contributed by atoms with Gasteiger partial charge in [0.05, 0.1) is 12.3 Å². The van der Waals surface area contributed by atoms with Crippen LogP contribution < -0.4 is 10.1 Å². The molecule has 0 unspecified atom stereocenters. The topological polar surface area (TPSA) is 64.6 Å². The normalized spacial score (nSPS) is 11.0. The van der Waals surface area contributed by atoms with Gasteiger partial charge in [0.2, 0.25) is 5.91 Å². The summed E-state index contributed by atoms with van der Waals surface area (Å²) in [6.07, 6.45) is -5.46. The van der Waals surface area contributed by atoms with Crippen molar-refractivity contribution in [3.8, 4) is 5.75 Å². The highest BCUT2D eigenvalue weighted by Gasteiger charge is 2.29. The van der Waals surface area contributed by atoms with Gasteiger partial charge in [-0.3, -0.25) is 9.59 Å². The third-order valence-corrected chi connectivity index (χ3v) is 2.30. The molecule has 0 aromatic heterocycles. The zero-order valence-electron chi connectivity index (χ0n) is 11.8. The van der Waals surface area contributed by atoms with Gasteiger partial charge in [-0.15, -0.1) is 0 Å². The van der Waals surface area contributed by atoms with Gasteiger partial charge in [0.1, 0.15) is 12.2 Å². The van der Waals surface area contributed by atoms with Crippen molar-refractivity contribution in [1.82, 2.24) is 0 Å². The Labute approximate surface area is 127 Å². The molecule has 1 aromatic carbocycles. The Morgan fingerprint density at radius 2 is 1.78 bits per heavy atom. The second-order valence-corrected chi connectivity index (χ2v) is 4.20. The Balaban J connectivity index is 2.89. The average Bonchev–Trinajstić information content (AvgIpc) is 2.40. The molecule has 0 saturated heterocycles. The maximum absolute atomic E-state index is 13.2. The SMILES string of the molecule is CCOC(=O)CC(=O)Nc1cc(F)c(F)cc1OCC(F)(F)F. The largest absolute Gasteiger partial charge is 0.482 e. The molecule has 10 heteroatoms. The number of carbonyl (C=O) groups is 2. The molecule has 0 aliphatic heterocycles. The molecule has 23 heavy (non-hydrogen) atoms. The van der Waals surface area contributed by atoms with Gasteiger partial charge in [0.15, 0.2) is 18.2 Å². The van der Waals surface area contributed by atoms with Crippen LogP contribution in [0.5, 0.6) is 5.75 Å². The van der Waals surface area contributed by atoms with Crippen molar-refractivity contribution in [2.45, 2.75) is 19.5 Å². The number of anilines is 1. The standard InChI is InChI=1S/C13H12F5NO4/c1-2-22-12(21)5-11(20)19-9-3-7(14)8(15)4-10(9)23-6-13(16,17)18/h3-4H,2,5-6H2,1H3,(H,19,20). The van der Waals surface area contributed by atoms with E-state index >= 15 is 0 Å². The van der Waals surface area contributed by atoms with Gasteiger partial charge in [-0.1, -0.05) is 0 Å². The number of halogens is 5. The van der Waals surface area contributed by atoms with E-state index in [-0.39, 0.29) is 6.61 Å². The predicted molar refractivity (Wildman–Crippen MR) is 67.8 cm³/mol. The zero-order valence-corrected chi connectivity index (χ0v) is 11.8. The average molecular weight is 341 g/mol. The fraction of sp³-hybridized carbons (Fsp3) is 0.385. The molecule has 1 amide bonds. The minimum Gasteiger partial charge on any atom is -0.482 e. The molecule has 0 atom stereocenters. The van der Waals surface area contributed by atoms with Crippen molar-refractivity contribution in [1.29, 1.82) is 0 Å². The van der Waals surface area contributed by atoms with E-state index in [4.69, 9.17) is 0 Å². The van der Waals surface area contributed by atoms with Gasteiger partial charge in [-0.05, 0) is 6.92 Å². The van der Waals surface area contributed by atoms with Gasteiger partial charge in [-0.25, -0.2) is 8.78 Å². The number of esters is 1. The highest BCUT2D eigenvalue weighted by molar-refractivity contribution is 6.02. The zero-order chi connectivity index (χ0) is 17.6. The summed E-state index contributed by atoms with van der Waals surface area (Å²) in [5, 5.41) is 1.97. The Morgan fingerprint density at radius 1 is 1.17 bits per heavy atom. The lowest BCUT2D eigenvalue weighted by Gasteiger charge is -2.14. The number of alkyl halides is 3. The summed E-state index contributed by atoms with van der Waals surface area (Å²) < 4.78 is 71.5. The Kier molecular flexibility index (Phi) is 6.28. The summed E-state index contributed by atoms with van der Waals surface area (Å²) in [4.78, 5) is 22.7. The molecule has 0 bridgehead atoms. The fourth-order valence-electron chi connectivity index (χ4n) is 1.44. The van der Waals surface area contributed by atoms with Crippen LogP contribution >= 0.6 is 0 Å². The second kappa shape index (κ2) is 7.75. The van der Waals surface area contributed by atoms with E-state index in [9.17, 15) is 31.5 Å². The quantitative estimate of drug-likeness (QED) is 0.491. The van der Waals surface area contributed by atoms with E-state index in [1.807, 2.05) is 5.32 Å². The van der Waals surface area contributed by atoms with Gasteiger partial charge in [0.25, 0.3) is 0 Å².